The van der Waals surface area contributed by atoms with Gasteiger partial charge in [0.2, 0.25) is 0 Å². The first-order valence-electron chi connectivity index (χ1n) is 3.33. The van der Waals surface area contributed by atoms with Crippen molar-refractivity contribution in [1.82, 2.24) is 5.48 Å². The summed E-state index contributed by atoms with van der Waals surface area (Å²) in [5.41, 5.74) is 2.82. The molecule has 2 nitrogen and oxygen atoms in total. The standard InChI is InChI=1S/C7H15NO/c1-4-6-8-9-7(3)5-2/h5,8H,4,6H2,1-3H3. The van der Waals surface area contributed by atoms with Crippen LogP contribution in [0.1, 0.15) is 27.2 Å². The van der Waals surface area contributed by atoms with Gasteiger partial charge < -0.3 is 4.84 Å². The Hall–Kier alpha value is -0.500. The van der Waals surface area contributed by atoms with E-state index >= 15 is 0 Å². The number of hydroxylamine groups is 1. The summed E-state index contributed by atoms with van der Waals surface area (Å²) in [7, 11) is 0. The van der Waals surface area contributed by atoms with Gasteiger partial charge in [0, 0.05) is 6.54 Å². The highest BCUT2D eigenvalue weighted by Gasteiger charge is 1.83. The summed E-state index contributed by atoms with van der Waals surface area (Å²) in [4.78, 5) is 5.04. The topological polar surface area (TPSA) is 21.3 Å². The van der Waals surface area contributed by atoms with Crippen molar-refractivity contribution in [1.29, 1.82) is 0 Å². The molecule has 54 valence electrons. The van der Waals surface area contributed by atoms with Crippen LogP contribution in [0.2, 0.25) is 0 Å². The molecule has 0 aromatic heterocycles. The maximum absolute atomic E-state index is 5.04. The van der Waals surface area contributed by atoms with Crippen LogP contribution >= 0.6 is 0 Å². The molecule has 0 unspecified atom stereocenters. The van der Waals surface area contributed by atoms with E-state index in [1.165, 1.54) is 0 Å². The molecule has 0 fully saturated rings. The quantitative estimate of drug-likeness (QED) is 0.355. The van der Waals surface area contributed by atoms with Gasteiger partial charge in [-0.2, -0.15) is 5.48 Å². The van der Waals surface area contributed by atoms with Gasteiger partial charge in [-0.05, 0) is 26.3 Å². The normalized spacial score (nSPS) is 11.7. The third-order valence-electron chi connectivity index (χ3n) is 0.992. The lowest BCUT2D eigenvalue weighted by Crippen LogP contribution is -2.13. The molecule has 0 aliphatic carbocycles. The Morgan fingerprint density at radius 1 is 1.67 bits per heavy atom. The minimum absolute atomic E-state index is 0.908. The Labute approximate surface area is 56.9 Å². The molecule has 9 heavy (non-hydrogen) atoms. The van der Waals surface area contributed by atoms with E-state index in [0.29, 0.717) is 0 Å². The van der Waals surface area contributed by atoms with Crippen LogP contribution in [0.4, 0.5) is 0 Å². The average Bonchev–Trinajstić information content (AvgIpc) is 1.89. The van der Waals surface area contributed by atoms with Gasteiger partial charge >= 0.3 is 0 Å². The molecular weight excluding hydrogens is 114 g/mol. The molecule has 0 rings (SSSR count). The summed E-state index contributed by atoms with van der Waals surface area (Å²) in [6, 6.07) is 0. The van der Waals surface area contributed by atoms with Crippen LogP contribution in [-0.4, -0.2) is 6.54 Å². The van der Waals surface area contributed by atoms with Crippen LogP contribution < -0.4 is 5.48 Å². The van der Waals surface area contributed by atoms with Gasteiger partial charge in [-0.15, -0.1) is 0 Å². The number of nitrogens with one attached hydrogen (secondary N) is 1. The Morgan fingerprint density at radius 3 is 2.78 bits per heavy atom. The van der Waals surface area contributed by atoms with Crippen LogP contribution in [0.15, 0.2) is 11.8 Å². The van der Waals surface area contributed by atoms with E-state index in [9.17, 15) is 0 Å². The maximum Gasteiger partial charge on any atom is 0.116 e. The predicted molar refractivity (Wildman–Crippen MR) is 38.8 cm³/mol. The number of hydrogen-bond acceptors (Lipinski definition) is 2. The molecule has 0 aliphatic heterocycles. The molecule has 0 spiro atoms. The van der Waals surface area contributed by atoms with Gasteiger partial charge in [-0.25, -0.2) is 0 Å². The summed E-state index contributed by atoms with van der Waals surface area (Å²) in [5, 5.41) is 0. The third-order valence-corrected chi connectivity index (χ3v) is 0.992. The highest BCUT2D eigenvalue weighted by molar-refractivity contribution is 4.82. The molecule has 2 heteroatoms. The van der Waals surface area contributed by atoms with Crippen LogP contribution in [0.25, 0.3) is 0 Å². The monoisotopic (exact) mass is 129 g/mol. The van der Waals surface area contributed by atoms with E-state index < -0.39 is 0 Å². The molecule has 0 aromatic rings. The molecule has 1 N–H and O–H groups in total. The van der Waals surface area contributed by atoms with Gasteiger partial charge in [0.25, 0.3) is 0 Å². The van der Waals surface area contributed by atoms with E-state index in [-0.39, 0.29) is 0 Å². The van der Waals surface area contributed by atoms with Crippen molar-refractivity contribution in [2.45, 2.75) is 27.2 Å². The van der Waals surface area contributed by atoms with E-state index in [1.807, 2.05) is 19.9 Å². The van der Waals surface area contributed by atoms with E-state index in [2.05, 4.69) is 12.4 Å². The fraction of sp³-hybridized carbons (Fsp3) is 0.714. The minimum Gasteiger partial charge on any atom is -0.414 e. The zero-order valence-electron chi connectivity index (χ0n) is 6.40. The van der Waals surface area contributed by atoms with Crippen molar-refractivity contribution in [3.8, 4) is 0 Å². The van der Waals surface area contributed by atoms with Crippen molar-refractivity contribution >= 4 is 0 Å². The highest BCUT2D eigenvalue weighted by atomic mass is 16.6. The maximum atomic E-state index is 5.04. The molecule has 0 bridgehead atoms. The third kappa shape index (κ3) is 5.37. The minimum atomic E-state index is 0.908. The van der Waals surface area contributed by atoms with E-state index in [4.69, 9.17) is 4.84 Å². The lowest BCUT2D eigenvalue weighted by molar-refractivity contribution is 0.107. The molecule has 0 atom stereocenters. The molecule has 0 aromatic carbocycles. The molecule has 0 saturated carbocycles. The fourth-order valence-corrected chi connectivity index (χ4v) is 0.326. The van der Waals surface area contributed by atoms with Crippen molar-refractivity contribution in [2.75, 3.05) is 6.54 Å². The second-order valence-corrected chi connectivity index (χ2v) is 1.90. The highest BCUT2D eigenvalue weighted by Crippen LogP contribution is 1.89. The predicted octanol–water partition coefficient (Wildman–Crippen LogP) is 1.84. The van der Waals surface area contributed by atoms with Gasteiger partial charge in [0.15, 0.2) is 0 Å². The summed E-state index contributed by atoms with van der Waals surface area (Å²) in [6.45, 7) is 6.87. The zero-order valence-corrected chi connectivity index (χ0v) is 6.40. The molecule has 0 radical (unpaired) electrons. The molecule has 0 aliphatic rings. The fourth-order valence-electron chi connectivity index (χ4n) is 0.326. The lowest BCUT2D eigenvalue weighted by Gasteiger charge is -2.03. The Bertz CT molecular complexity index is 88.9. The van der Waals surface area contributed by atoms with Gasteiger partial charge in [0.1, 0.15) is 5.76 Å². The van der Waals surface area contributed by atoms with Crippen molar-refractivity contribution in [3.05, 3.63) is 11.8 Å². The largest absolute Gasteiger partial charge is 0.414 e. The number of hydrogen-bond donors (Lipinski definition) is 1. The Morgan fingerprint density at radius 2 is 2.33 bits per heavy atom. The smallest absolute Gasteiger partial charge is 0.116 e. The van der Waals surface area contributed by atoms with Gasteiger partial charge in [0.05, 0.1) is 0 Å². The SMILES string of the molecule is CC=C(C)ONCCC. The van der Waals surface area contributed by atoms with Crippen molar-refractivity contribution in [3.63, 3.8) is 0 Å². The first-order chi connectivity index (χ1) is 4.31. The molecule has 0 amide bonds. The van der Waals surface area contributed by atoms with E-state index in [1.54, 1.807) is 0 Å². The summed E-state index contributed by atoms with van der Waals surface area (Å²) in [5.74, 6) is 0.920. The van der Waals surface area contributed by atoms with Crippen LogP contribution in [0, 0.1) is 0 Å². The second kappa shape index (κ2) is 5.63. The van der Waals surface area contributed by atoms with Gasteiger partial charge in [-0.3, -0.25) is 0 Å². The number of allylic oxidation sites excluding steroid dienone is 2. The zero-order chi connectivity index (χ0) is 7.11. The van der Waals surface area contributed by atoms with Crippen molar-refractivity contribution in [2.24, 2.45) is 0 Å². The van der Waals surface area contributed by atoms with Crippen LogP contribution in [-0.2, 0) is 4.84 Å². The van der Waals surface area contributed by atoms with E-state index in [0.717, 1.165) is 18.7 Å². The van der Waals surface area contributed by atoms with Crippen LogP contribution in [0.5, 0.6) is 0 Å². The van der Waals surface area contributed by atoms with Gasteiger partial charge in [-0.1, -0.05) is 6.92 Å². The summed E-state index contributed by atoms with van der Waals surface area (Å²) >= 11 is 0. The lowest BCUT2D eigenvalue weighted by atomic mass is 10.5. The second-order valence-electron chi connectivity index (χ2n) is 1.90. The Balaban J connectivity index is 3.07. The average molecular weight is 129 g/mol. The first-order valence-corrected chi connectivity index (χ1v) is 3.33. The Kier molecular flexibility index (Phi) is 5.32. The van der Waals surface area contributed by atoms with Crippen molar-refractivity contribution < 1.29 is 4.84 Å². The summed E-state index contributed by atoms with van der Waals surface area (Å²) in [6.07, 6.45) is 3.01. The molecule has 0 saturated heterocycles. The molecule has 0 heterocycles. The van der Waals surface area contributed by atoms with Crippen LogP contribution in [0.3, 0.4) is 0 Å². The first kappa shape index (κ1) is 8.50. The number of rotatable bonds is 4. The molecular formula is C7H15NO. The summed E-state index contributed by atoms with van der Waals surface area (Å²) < 4.78 is 0.